The zero-order valence-electron chi connectivity index (χ0n) is 9.58. The van der Waals surface area contributed by atoms with E-state index in [1.807, 2.05) is 13.8 Å². The molecule has 0 fully saturated rings. The molecule has 0 aliphatic carbocycles. The van der Waals surface area contributed by atoms with Crippen LogP contribution in [0.25, 0.3) is 0 Å². The van der Waals surface area contributed by atoms with Gasteiger partial charge in [-0.05, 0) is 39.0 Å². The number of aliphatic hydroxyl groups excluding tert-OH is 1. The van der Waals surface area contributed by atoms with Gasteiger partial charge in [0, 0.05) is 5.02 Å². The number of hydrogen-bond donors (Lipinski definition) is 2. The minimum absolute atomic E-state index is 0.512. The van der Waals surface area contributed by atoms with Crippen LogP contribution in [0.1, 0.15) is 26.3 Å². The maximum Gasteiger partial charge on any atom is 0.101 e. The highest BCUT2D eigenvalue weighted by atomic mass is 35.5. The molecule has 0 heterocycles. The second-order valence-electron chi connectivity index (χ2n) is 4.32. The Morgan fingerprint density at radius 2 is 2.12 bits per heavy atom. The molecule has 0 aliphatic rings. The molecule has 86 valence electrons. The Kier molecular flexibility index (Phi) is 3.79. The molecule has 4 heteroatoms. The summed E-state index contributed by atoms with van der Waals surface area (Å²) in [5.41, 5.74) is 0.634. The molecule has 0 saturated heterocycles. The third-order valence-corrected chi connectivity index (χ3v) is 2.84. The summed E-state index contributed by atoms with van der Waals surface area (Å²) in [6, 6.07) is 7.09. The second kappa shape index (κ2) is 4.73. The lowest BCUT2D eigenvalue weighted by molar-refractivity contribution is 0.133. The summed E-state index contributed by atoms with van der Waals surface area (Å²) >= 11 is 5.87. The van der Waals surface area contributed by atoms with E-state index in [9.17, 15) is 5.11 Å². The van der Waals surface area contributed by atoms with Crippen molar-refractivity contribution in [1.82, 2.24) is 0 Å². The predicted octanol–water partition coefficient (Wildman–Crippen LogP) is 2.78. The van der Waals surface area contributed by atoms with E-state index in [2.05, 4.69) is 11.4 Å². The van der Waals surface area contributed by atoms with Gasteiger partial charge in [-0.1, -0.05) is 11.6 Å². The highest BCUT2D eigenvalue weighted by Gasteiger charge is 2.24. The van der Waals surface area contributed by atoms with Gasteiger partial charge in [0.2, 0.25) is 0 Å². The van der Waals surface area contributed by atoms with E-state index in [0.29, 0.717) is 16.3 Å². The van der Waals surface area contributed by atoms with Crippen LogP contribution in [0.5, 0.6) is 0 Å². The topological polar surface area (TPSA) is 56.0 Å². The Morgan fingerprint density at radius 1 is 1.50 bits per heavy atom. The molecule has 1 atom stereocenters. The third-order valence-electron chi connectivity index (χ3n) is 2.60. The van der Waals surface area contributed by atoms with Gasteiger partial charge in [-0.15, -0.1) is 0 Å². The first-order valence-corrected chi connectivity index (χ1v) is 5.40. The van der Waals surface area contributed by atoms with Gasteiger partial charge in [0.15, 0.2) is 0 Å². The van der Waals surface area contributed by atoms with Crippen LogP contribution in [0.2, 0.25) is 5.02 Å². The van der Waals surface area contributed by atoms with Crippen molar-refractivity contribution in [3.05, 3.63) is 28.8 Å². The maximum absolute atomic E-state index is 9.60. The van der Waals surface area contributed by atoms with E-state index < -0.39 is 11.6 Å². The van der Waals surface area contributed by atoms with E-state index in [4.69, 9.17) is 16.9 Å². The molecule has 0 aromatic heterocycles. The molecule has 0 bridgehead atoms. The minimum atomic E-state index is -0.543. The number of halogens is 1. The number of nitrogens with zero attached hydrogens (tertiary/aromatic N) is 1. The molecular weight excluding hydrogens is 224 g/mol. The van der Waals surface area contributed by atoms with Crippen LogP contribution in [0.15, 0.2) is 18.2 Å². The zero-order chi connectivity index (χ0) is 12.3. The lowest BCUT2D eigenvalue weighted by Crippen LogP contribution is -2.42. The Labute approximate surface area is 101 Å². The van der Waals surface area contributed by atoms with Gasteiger partial charge < -0.3 is 10.4 Å². The Bertz CT molecular complexity index is 422. The van der Waals surface area contributed by atoms with Gasteiger partial charge in [0.25, 0.3) is 0 Å². The van der Waals surface area contributed by atoms with Gasteiger partial charge in [-0.2, -0.15) is 5.26 Å². The number of nitrogens with one attached hydrogen (secondary N) is 1. The quantitative estimate of drug-likeness (QED) is 0.852. The van der Waals surface area contributed by atoms with Gasteiger partial charge in [0.1, 0.15) is 6.07 Å². The third kappa shape index (κ3) is 2.88. The number of rotatable bonds is 3. The van der Waals surface area contributed by atoms with Crippen LogP contribution < -0.4 is 5.32 Å². The van der Waals surface area contributed by atoms with Gasteiger partial charge in [0.05, 0.1) is 22.9 Å². The summed E-state index contributed by atoms with van der Waals surface area (Å²) in [6.07, 6.45) is -0.543. The first kappa shape index (κ1) is 12.8. The van der Waals surface area contributed by atoms with Crippen LogP contribution >= 0.6 is 11.6 Å². The predicted molar refractivity (Wildman–Crippen MR) is 65.5 cm³/mol. The highest BCUT2D eigenvalue weighted by Crippen LogP contribution is 2.25. The average molecular weight is 239 g/mol. The normalized spacial score (nSPS) is 13.0. The first-order chi connectivity index (χ1) is 7.36. The van der Waals surface area contributed by atoms with Crippen LogP contribution in [-0.2, 0) is 0 Å². The molecule has 16 heavy (non-hydrogen) atoms. The number of benzene rings is 1. The van der Waals surface area contributed by atoms with Gasteiger partial charge in [-0.25, -0.2) is 0 Å². The molecule has 1 aromatic carbocycles. The minimum Gasteiger partial charge on any atom is -0.391 e. The van der Waals surface area contributed by atoms with Crippen molar-refractivity contribution < 1.29 is 5.11 Å². The molecular formula is C12H15ClN2O. The van der Waals surface area contributed by atoms with Crippen molar-refractivity contribution in [3.8, 4) is 6.07 Å². The van der Waals surface area contributed by atoms with Gasteiger partial charge in [-0.3, -0.25) is 0 Å². The lowest BCUT2D eigenvalue weighted by atomic mass is 9.97. The summed E-state index contributed by atoms with van der Waals surface area (Å²) in [7, 11) is 0. The van der Waals surface area contributed by atoms with Crippen molar-refractivity contribution in [2.24, 2.45) is 0 Å². The maximum atomic E-state index is 9.60. The summed E-state index contributed by atoms with van der Waals surface area (Å²) in [4.78, 5) is 0. The van der Waals surface area contributed by atoms with Crippen molar-refractivity contribution in [1.29, 1.82) is 5.26 Å². The molecule has 0 spiro atoms. The molecule has 0 aliphatic heterocycles. The van der Waals surface area contributed by atoms with Crippen molar-refractivity contribution in [2.45, 2.75) is 32.4 Å². The highest BCUT2D eigenvalue weighted by molar-refractivity contribution is 6.30. The van der Waals surface area contributed by atoms with Gasteiger partial charge >= 0.3 is 0 Å². The summed E-state index contributed by atoms with van der Waals surface area (Å²) in [5, 5.41) is 22.2. The molecule has 1 unspecified atom stereocenters. The number of hydrogen-bond acceptors (Lipinski definition) is 3. The van der Waals surface area contributed by atoms with Crippen molar-refractivity contribution >= 4 is 17.3 Å². The number of nitriles is 1. The smallest absolute Gasteiger partial charge is 0.101 e. The van der Waals surface area contributed by atoms with E-state index in [-0.39, 0.29) is 0 Å². The molecule has 0 saturated carbocycles. The molecule has 0 radical (unpaired) electrons. The van der Waals surface area contributed by atoms with E-state index in [1.165, 1.54) is 0 Å². The number of aliphatic hydroxyl groups is 1. The SMILES string of the molecule is CC(O)C(C)(C)Nc1cc(Cl)ccc1C#N. The number of anilines is 1. The Morgan fingerprint density at radius 3 is 2.62 bits per heavy atom. The molecule has 2 N–H and O–H groups in total. The summed E-state index contributed by atoms with van der Waals surface area (Å²) in [5.74, 6) is 0. The lowest BCUT2D eigenvalue weighted by Gasteiger charge is -2.31. The second-order valence-corrected chi connectivity index (χ2v) is 4.76. The standard InChI is InChI=1S/C12H15ClN2O/c1-8(16)12(2,3)15-11-6-10(13)5-4-9(11)7-14/h4-6,8,15-16H,1-3H3. The van der Waals surface area contributed by atoms with Crippen LogP contribution in [-0.4, -0.2) is 16.7 Å². The Hall–Kier alpha value is -1.24. The average Bonchev–Trinajstić information content (AvgIpc) is 2.17. The fraction of sp³-hybridized carbons (Fsp3) is 0.417. The molecule has 0 amide bonds. The van der Waals surface area contributed by atoms with Crippen molar-refractivity contribution in [3.63, 3.8) is 0 Å². The Balaban J connectivity index is 3.06. The van der Waals surface area contributed by atoms with E-state index in [0.717, 1.165) is 0 Å². The monoisotopic (exact) mass is 238 g/mol. The van der Waals surface area contributed by atoms with Crippen LogP contribution in [0.3, 0.4) is 0 Å². The van der Waals surface area contributed by atoms with E-state index >= 15 is 0 Å². The fourth-order valence-electron chi connectivity index (χ4n) is 1.17. The fourth-order valence-corrected chi connectivity index (χ4v) is 1.34. The largest absolute Gasteiger partial charge is 0.391 e. The van der Waals surface area contributed by atoms with Crippen LogP contribution in [0, 0.1) is 11.3 Å². The summed E-state index contributed by atoms with van der Waals surface area (Å²) < 4.78 is 0. The summed E-state index contributed by atoms with van der Waals surface area (Å²) in [6.45, 7) is 5.42. The van der Waals surface area contributed by atoms with E-state index in [1.54, 1.807) is 25.1 Å². The zero-order valence-corrected chi connectivity index (χ0v) is 10.3. The van der Waals surface area contributed by atoms with Crippen molar-refractivity contribution in [2.75, 3.05) is 5.32 Å². The molecule has 3 nitrogen and oxygen atoms in total. The first-order valence-electron chi connectivity index (χ1n) is 5.02. The molecule has 1 aromatic rings. The molecule has 1 rings (SSSR count). The van der Waals surface area contributed by atoms with Crippen LogP contribution in [0.4, 0.5) is 5.69 Å².